The second-order valence-electron chi connectivity index (χ2n) is 5.01. The second kappa shape index (κ2) is 7.66. The highest BCUT2D eigenvalue weighted by molar-refractivity contribution is 9.10. The summed E-state index contributed by atoms with van der Waals surface area (Å²) in [4.78, 5) is 12.0. The van der Waals surface area contributed by atoms with Crippen LogP contribution >= 0.6 is 27.7 Å². The van der Waals surface area contributed by atoms with Crippen molar-refractivity contribution in [3.05, 3.63) is 63.6 Å². The van der Waals surface area contributed by atoms with Gasteiger partial charge < -0.3 is 5.32 Å². The minimum absolute atomic E-state index is 0.0389. The number of aryl methyl sites for hydroxylation is 2. The van der Waals surface area contributed by atoms with Gasteiger partial charge in [0.25, 0.3) is 0 Å². The fraction of sp³-hybridized carbons (Fsp3) is 0.235. The van der Waals surface area contributed by atoms with E-state index >= 15 is 0 Å². The molecule has 0 radical (unpaired) electrons. The van der Waals surface area contributed by atoms with Crippen LogP contribution in [-0.2, 0) is 10.5 Å². The number of thioether (sulfide) groups is 1. The van der Waals surface area contributed by atoms with Crippen molar-refractivity contribution in [3.8, 4) is 0 Å². The summed E-state index contributed by atoms with van der Waals surface area (Å²) in [6.45, 7) is 4.06. The van der Waals surface area contributed by atoms with Gasteiger partial charge in [0.05, 0.1) is 5.75 Å². The first kappa shape index (κ1) is 16.1. The van der Waals surface area contributed by atoms with E-state index < -0.39 is 0 Å². The Morgan fingerprint density at radius 3 is 2.48 bits per heavy atom. The molecular weight excluding hydrogens is 346 g/mol. The maximum absolute atomic E-state index is 12.0. The van der Waals surface area contributed by atoms with Crippen molar-refractivity contribution in [2.75, 3.05) is 11.1 Å². The first-order chi connectivity index (χ1) is 10.0. The van der Waals surface area contributed by atoms with Gasteiger partial charge in [0.1, 0.15) is 0 Å². The number of carbonyl (C=O) groups excluding carboxylic acids is 1. The number of anilines is 1. The van der Waals surface area contributed by atoms with Crippen molar-refractivity contribution in [1.29, 1.82) is 0 Å². The van der Waals surface area contributed by atoms with Crippen LogP contribution in [0.25, 0.3) is 0 Å². The molecule has 2 nitrogen and oxygen atoms in total. The van der Waals surface area contributed by atoms with Crippen LogP contribution in [0.1, 0.15) is 16.7 Å². The summed E-state index contributed by atoms with van der Waals surface area (Å²) < 4.78 is 1.09. The Morgan fingerprint density at radius 2 is 1.81 bits per heavy atom. The predicted molar refractivity (Wildman–Crippen MR) is 94.8 cm³/mol. The largest absolute Gasteiger partial charge is 0.325 e. The van der Waals surface area contributed by atoms with E-state index in [-0.39, 0.29) is 5.91 Å². The quantitative estimate of drug-likeness (QED) is 0.814. The topological polar surface area (TPSA) is 29.1 Å². The van der Waals surface area contributed by atoms with Gasteiger partial charge >= 0.3 is 0 Å². The number of hydrogen-bond acceptors (Lipinski definition) is 2. The van der Waals surface area contributed by atoms with E-state index in [0.29, 0.717) is 5.75 Å². The molecule has 0 saturated heterocycles. The molecule has 2 aromatic rings. The highest BCUT2D eigenvalue weighted by Crippen LogP contribution is 2.21. The van der Waals surface area contributed by atoms with Gasteiger partial charge in [-0.25, -0.2) is 0 Å². The zero-order valence-electron chi connectivity index (χ0n) is 12.2. The molecule has 0 heterocycles. The van der Waals surface area contributed by atoms with Crippen molar-refractivity contribution in [2.24, 2.45) is 0 Å². The monoisotopic (exact) mass is 363 g/mol. The van der Waals surface area contributed by atoms with E-state index in [4.69, 9.17) is 0 Å². The molecule has 0 aliphatic rings. The lowest BCUT2D eigenvalue weighted by atomic mass is 10.1. The van der Waals surface area contributed by atoms with Crippen LogP contribution in [-0.4, -0.2) is 11.7 Å². The molecule has 0 fully saturated rings. The summed E-state index contributed by atoms with van der Waals surface area (Å²) in [5.41, 5.74) is 4.40. The molecule has 0 bridgehead atoms. The van der Waals surface area contributed by atoms with Gasteiger partial charge in [0, 0.05) is 15.9 Å². The molecule has 0 unspecified atom stereocenters. The maximum atomic E-state index is 12.0. The normalized spacial score (nSPS) is 10.4. The van der Waals surface area contributed by atoms with Gasteiger partial charge in [-0.05, 0) is 48.7 Å². The molecule has 2 aromatic carbocycles. The van der Waals surface area contributed by atoms with E-state index in [1.54, 1.807) is 11.8 Å². The van der Waals surface area contributed by atoms with E-state index in [1.165, 1.54) is 5.56 Å². The number of amides is 1. The number of benzene rings is 2. The summed E-state index contributed by atoms with van der Waals surface area (Å²) in [7, 11) is 0. The minimum Gasteiger partial charge on any atom is -0.325 e. The van der Waals surface area contributed by atoms with Crippen LogP contribution < -0.4 is 5.32 Å². The second-order valence-corrected chi connectivity index (χ2v) is 6.85. The minimum atomic E-state index is 0.0389. The van der Waals surface area contributed by atoms with Gasteiger partial charge in [-0.15, -0.1) is 11.8 Å². The van der Waals surface area contributed by atoms with Crippen molar-refractivity contribution in [2.45, 2.75) is 19.6 Å². The van der Waals surface area contributed by atoms with Gasteiger partial charge in [0.15, 0.2) is 0 Å². The number of hydrogen-bond donors (Lipinski definition) is 1. The van der Waals surface area contributed by atoms with E-state index in [2.05, 4.69) is 33.4 Å². The number of rotatable bonds is 5. The Balaban J connectivity index is 1.84. The first-order valence-electron chi connectivity index (χ1n) is 6.74. The Bertz CT molecular complexity index is 622. The first-order valence-corrected chi connectivity index (χ1v) is 8.68. The molecule has 0 aromatic heterocycles. The summed E-state index contributed by atoms with van der Waals surface area (Å²) in [6, 6.07) is 14.2. The Hall–Kier alpha value is -1.26. The molecule has 0 atom stereocenters. The molecule has 110 valence electrons. The van der Waals surface area contributed by atoms with Crippen molar-refractivity contribution < 1.29 is 4.79 Å². The average molecular weight is 364 g/mol. The number of halogens is 1. The molecule has 21 heavy (non-hydrogen) atoms. The lowest BCUT2D eigenvalue weighted by Gasteiger charge is -2.08. The number of carbonyl (C=O) groups is 1. The van der Waals surface area contributed by atoms with Crippen LogP contribution in [0.4, 0.5) is 5.69 Å². The molecule has 2 rings (SSSR count). The fourth-order valence-corrected chi connectivity index (χ4v) is 3.55. The summed E-state index contributed by atoms with van der Waals surface area (Å²) in [5, 5.41) is 2.95. The highest BCUT2D eigenvalue weighted by Gasteiger charge is 2.05. The molecule has 0 spiro atoms. The molecule has 0 saturated carbocycles. The Labute approximate surface area is 138 Å². The zero-order valence-corrected chi connectivity index (χ0v) is 14.6. The van der Waals surface area contributed by atoms with Gasteiger partial charge in [-0.1, -0.05) is 40.2 Å². The molecule has 0 aliphatic heterocycles. The van der Waals surface area contributed by atoms with Crippen molar-refractivity contribution in [3.63, 3.8) is 0 Å². The molecule has 0 aliphatic carbocycles. The maximum Gasteiger partial charge on any atom is 0.234 e. The SMILES string of the molecule is Cc1cc(C)cc(NC(=O)CSCc2ccccc2Br)c1. The van der Waals surface area contributed by atoms with Gasteiger partial charge in [0.2, 0.25) is 5.91 Å². The lowest BCUT2D eigenvalue weighted by Crippen LogP contribution is -2.14. The van der Waals surface area contributed by atoms with E-state index in [0.717, 1.165) is 27.0 Å². The van der Waals surface area contributed by atoms with E-state index in [1.807, 2.05) is 44.2 Å². The lowest BCUT2D eigenvalue weighted by molar-refractivity contribution is -0.113. The highest BCUT2D eigenvalue weighted by atomic mass is 79.9. The van der Waals surface area contributed by atoms with Gasteiger partial charge in [-0.2, -0.15) is 0 Å². The van der Waals surface area contributed by atoms with Crippen LogP contribution in [0, 0.1) is 13.8 Å². The summed E-state index contributed by atoms with van der Waals surface area (Å²) in [5.74, 6) is 1.31. The van der Waals surface area contributed by atoms with E-state index in [9.17, 15) is 4.79 Å². The fourth-order valence-electron chi connectivity index (χ4n) is 2.11. The van der Waals surface area contributed by atoms with Crippen molar-refractivity contribution in [1.82, 2.24) is 0 Å². The van der Waals surface area contributed by atoms with Crippen LogP contribution in [0.5, 0.6) is 0 Å². The zero-order chi connectivity index (χ0) is 15.2. The molecular formula is C17H18BrNOS. The van der Waals surface area contributed by atoms with Crippen LogP contribution in [0.3, 0.4) is 0 Å². The Kier molecular flexibility index (Phi) is 5.88. The molecule has 4 heteroatoms. The third-order valence-electron chi connectivity index (χ3n) is 2.95. The third-order valence-corrected chi connectivity index (χ3v) is 4.71. The predicted octanol–water partition coefficient (Wildman–Crippen LogP) is 4.94. The van der Waals surface area contributed by atoms with Gasteiger partial charge in [-0.3, -0.25) is 4.79 Å². The van der Waals surface area contributed by atoms with Crippen molar-refractivity contribution >= 4 is 39.3 Å². The standard InChI is InChI=1S/C17H18BrNOS/c1-12-7-13(2)9-15(8-12)19-17(20)11-21-10-14-5-3-4-6-16(14)18/h3-9H,10-11H2,1-2H3,(H,19,20). The van der Waals surface area contributed by atoms with Crippen LogP contribution in [0.2, 0.25) is 0 Å². The average Bonchev–Trinajstić information content (AvgIpc) is 2.39. The van der Waals surface area contributed by atoms with Crippen LogP contribution in [0.15, 0.2) is 46.9 Å². The third kappa shape index (κ3) is 5.21. The molecule has 1 amide bonds. The number of nitrogens with one attached hydrogen (secondary N) is 1. The summed E-state index contributed by atoms with van der Waals surface area (Å²) in [6.07, 6.45) is 0. The molecule has 1 N–H and O–H groups in total. The summed E-state index contributed by atoms with van der Waals surface area (Å²) >= 11 is 5.13. The Morgan fingerprint density at radius 1 is 1.14 bits per heavy atom. The smallest absolute Gasteiger partial charge is 0.234 e.